The molecule has 0 aromatic carbocycles. The summed E-state index contributed by atoms with van der Waals surface area (Å²) < 4.78 is 5.49. The Hall–Kier alpha value is -2.81. The SMILES string of the molecule is COc1c(C)cnc(CN2CC(CNC(N)=O)c3c(Cl)nc(N)nc32)c1C. The number of hydrogen-bond donors (Lipinski definition) is 3. The molecule has 0 radical (unpaired) electrons. The van der Waals surface area contributed by atoms with Gasteiger partial charge in [0.25, 0.3) is 0 Å². The predicted octanol–water partition coefficient (Wildman–Crippen LogP) is 1.50. The second-order valence-electron chi connectivity index (χ2n) is 6.48. The molecule has 2 aromatic rings. The number of methoxy groups -OCH3 is 1. The first-order chi connectivity index (χ1) is 12.8. The Balaban J connectivity index is 1.95. The number of carbonyl (C=O) groups is 1. The fourth-order valence-corrected chi connectivity index (χ4v) is 3.75. The van der Waals surface area contributed by atoms with Gasteiger partial charge in [0, 0.05) is 41.9 Å². The average Bonchev–Trinajstić information content (AvgIpc) is 2.94. The summed E-state index contributed by atoms with van der Waals surface area (Å²) in [5.41, 5.74) is 14.5. The van der Waals surface area contributed by atoms with Crippen LogP contribution in [-0.2, 0) is 6.54 Å². The Morgan fingerprint density at radius 3 is 2.85 bits per heavy atom. The molecule has 0 saturated heterocycles. The molecular weight excluding hydrogens is 370 g/mol. The molecule has 2 aromatic heterocycles. The van der Waals surface area contributed by atoms with E-state index in [-0.39, 0.29) is 17.0 Å². The molecule has 3 rings (SSSR count). The molecule has 1 aliphatic heterocycles. The second-order valence-corrected chi connectivity index (χ2v) is 6.84. The van der Waals surface area contributed by atoms with Crippen LogP contribution in [0.1, 0.15) is 28.3 Å². The lowest BCUT2D eigenvalue weighted by Crippen LogP contribution is -2.34. The van der Waals surface area contributed by atoms with Gasteiger partial charge in [0.2, 0.25) is 5.95 Å². The number of nitrogens with two attached hydrogens (primary N) is 2. The van der Waals surface area contributed by atoms with Crippen LogP contribution in [0.4, 0.5) is 16.6 Å². The molecule has 1 aliphatic rings. The van der Waals surface area contributed by atoms with Gasteiger partial charge in [-0.15, -0.1) is 0 Å². The highest BCUT2D eigenvalue weighted by Crippen LogP contribution is 2.40. The minimum Gasteiger partial charge on any atom is -0.496 e. The fourth-order valence-electron chi connectivity index (χ4n) is 3.42. The van der Waals surface area contributed by atoms with E-state index in [1.165, 1.54) is 0 Å². The third-order valence-corrected chi connectivity index (χ3v) is 4.95. The van der Waals surface area contributed by atoms with Gasteiger partial charge in [-0.1, -0.05) is 11.6 Å². The molecule has 0 spiro atoms. The van der Waals surface area contributed by atoms with Gasteiger partial charge in [0.1, 0.15) is 16.7 Å². The van der Waals surface area contributed by atoms with Crippen molar-refractivity contribution in [2.75, 3.05) is 30.8 Å². The minimum absolute atomic E-state index is 0.0958. The molecule has 0 saturated carbocycles. The molecule has 5 N–H and O–H groups in total. The number of nitrogens with one attached hydrogen (secondary N) is 1. The first kappa shape index (κ1) is 19.0. The van der Waals surface area contributed by atoms with Crippen molar-refractivity contribution < 1.29 is 9.53 Å². The van der Waals surface area contributed by atoms with Crippen LogP contribution in [0.15, 0.2) is 6.20 Å². The summed E-state index contributed by atoms with van der Waals surface area (Å²) in [5, 5.41) is 2.90. The van der Waals surface area contributed by atoms with Gasteiger partial charge in [-0.05, 0) is 13.8 Å². The lowest BCUT2D eigenvalue weighted by molar-refractivity contribution is 0.248. The molecule has 27 heavy (non-hydrogen) atoms. The zero-order valence-electron chi connectivity index (χ0n) is 15.4. The van der Waals surface area contributed by atoms with E-state index in [1.54, 1.807) is 13.3 Å². The number of aromatic nitrogens is 3. The number of hydrogen-bond acceptors (Lipinski definition) is 7. The van der Waals surface area contributed by atoms with Crippen molar-refractivity contribution in [3.05, 3.63) is 33.7 Å². The molecule has 0 bridgehead atoms. The predicted molar refractivity (Wildman–Crippen MR) is 103 cm³/mol. The number of halogens is 1. The molecule has 2 amide bonds. The summed E-state index contributed by atoms with van der Waals surface area (Å²) in [4.78, 5) is 26.1. The summed E-state index contributed by atoms with van der Waals surface area (Å²) in [5.74, 6) is 1.45. The third-order valence-electron chi connectivity index (χ3n) is 4.66. The highest BCUT2D eigenvalue weighted by atomic mass is 35.5. The highest BCUT2D eigenvalue weighted by Gasteiger charge is 2.34. The third kappa shape index (κ3) is 3.68. The van der Waals surface area contributed by atoms with Gasteiger partial charge >= 0.3 is 6.03 Å². The van der Waals surface area contributed by atoms with Gasteiger partial charge < -0.3 is 26.4 Å². The Bertz CT molecular complexity index is 890. The summed E-state index contributed by atoms with van der Waals surface area (Å²) in [7, 11) is 1.64. The number of aryl methyl sites for hydroxylation is 1. The number of ether oxygens (including phenoxy) is 1. The van der Waals surface area contributed by atoms with E-state index < -0.39 is 6.03 Å². The van der Waals surface area contributed by atoms with Crippen LogP contribution < -0.4 is 26.4 Å². The number of nitrogens with zero attached hydrogens (tertiary/aromatic N) is 4. The van der Waals surface area contributed by atoms with E-state index in [9.17, 15) is 4.79 Å². The molecule has 1 unspecified atom stereocenters. The number of amides is 2. The first-order valence-corrected chi connectivity index (χ1v) is 8.79. The maximum absolute atomic E-state index is 11.1. The standard InChI is InChI=1S/C17H22ClN7O2/c1-8-4-21-11(9(2)13(8)27-3)7-25-6-10(5-22-17(20)26)12-14(18)23-16(19)24-15(12)25/h4,10H,5-7H2,1-3H3,(H2,19,23,24)(H3,20,22,26). The largest absolute Gasteiger partial charge is 0.496 e. The zero-order valence-corrected chi connectivity index (χ0v) is 16.2. The van der Waals surface area contributed by atoms with Gasteiger partial charge in [0.05, 0.1) is 19.3 Å². The zero-order chi connectivity index (χ0) is 19.7. The second kappa shape index (κ2) is 7.43. The van der Waals surface area contributed by atoms with Crippen LogP contribution >= 0.6 is 11.6 Å². The molecular formula is C17H22ClN7O2. The smallest absolute Gasteiger partial charge is 0.312 e. The highest BCUT2D eigenvalue weighted by molar-refractivity contribution is 6.30. The van der Waals surface area contributed by atoms with Crippen LogP contribution in [-0.4, -0.2) is 41.2 Å². The Morgan fingerprint density at radius 2 is 2.19 bits per heavy atom. The number of urea groups is 1. The molecule has 9 nitrogen and oxygen atoms in total. The van der Waals surface area contributed by atoms with Gasteiger partial charge in [-0.3, -0.25) is 4.98 Å². The maximum atomic E-state index is 11.1. The number of nitrogen functional groups attached to an aromatic ring is 1. The van der Waals surface area contributed by atoms with E-state index in [0.29, 0.717) is 25.5 Å². The molecule has 1 atom stereocenters. The Morgan fingerprint density at radius 1 is 1.44 bits per heavy atom. The van der Waals surface area contributed by atoms with Crippen molar-refractivity contribution in [2.24, 2.45) is 5.73 Å². The number of rotatable bonds is 5. The molecule has 144 valence electrons. The van der Waals surface area contributed by atoms with E-state index in [1.807, 2.05) is 18.7 Å². The number of carbonyl (C=O) groups excluding carboxylic acids is 1. The van der Waals surface area contributed by atoms with Crippen LogP contribution in [0.2, 0.25) is 5.15 Å². The van der Waals surface area contributed by atoms with Crippen molar-refractivity contribution in [3.8, 4) is 5.75 Å². The van der Waals surface area contributed by atoms with Gasteiger partial charge in [-0.25, -0.2) is 9.78 Å². The van der Waals surface area contributed by atoms with Crippen LogP contribution in [0, 0.1) is 13.8 Å². The normalized spacial score (nSPS) is 15.6. The number of anilines is 2. The summed E-state index contributed by atoms with van der Waals surface area (Å²) >= 11 is 6.32. The summed E-state index contributed by atoms with van der Waals surface area (Å²) in [6.45, 7) is 5.32. The number of pyridine rings is 1. The van der Waals surface area contributed by atoms with Crippen molar-refractivity contribution >= 4 is 29.4 Å². The number of fused-ring (bicyclic) bond motifs is 1. The van der Waals surface area contributed by atoms with E-state index in [2.05, 4.69) is 20.3 Å². The quantitative estimate of drug-likeness (QED) is 0.658. The van der Waals surface area contributed by atoms with Crippen LogP contribution in [0.3, 0.4) is 0 Å². The van der Waals surface area contributed by atoms with Gasteiger partial charge in [-0.2, -0.15) is 4.98 Å². The van der Waals surface area contributed by atoms with Crippen LogP contribution in [0.25, 0.3) is 0 Å². The van der Waals surface area contributed by atoms with Crippen molar-refractivity contribution in [2.45, 2.75) is 26.3 Å². The minimum atomic E-state index is -0.594. The van der Waals surface area contributed by atoms with Crippen molar-refractivity contribution in [3.63, 3.8) is 0 Å². The Labute approximate surface area is 162 Å². The summed E-state index contributed by atoms with van der Waals surface area (Å²) in [6.07, 6.45) is 1.78. The van der Waals surface area contributed by atoms with E-state index in [4.69, 9.17) is 27.8 Å². The lowest BCUT2D eigenvalue weighted by Gasteiger charge is -2.21. The topological polar surface area (TPSA) is 132 Å². The van der Waals surface area contributed by atoms with E-state index in [0.717, 1.165) is 28.1 Å². The molecule has 0 fully saturated rings. The van der Waals surface area contributed by atoms with Crippen molar-refractivity contribution in [1.82, 2.24) is 20.3 Å². The van der Waals surface area contributed by atoms with Gasteiger partial charge in [0.15, 0.2) is 0 Å². The monoisotopic (exact) mass is 391 g/mol. The van der Waals surface area contributed by atoms with E-state index >= 15 is 0 Å². The van der Waals surface area contributed by atoms with Crippen LogP contribution in [0.5, 0.6) is 5.75 Å². The summed E-state index contributed by atoms with van der Waals surface area (Å²) in [6, 6.07) is -0.594. The average molecular weight is 392 g/mol. The Kier molecular flexibility index (Phi) is 5.22. The first-order valence-electron chi connectivity index (χ1n) is 8.42. The fraction of sp³-hybridized carbons (Fsp3) is 0.412. The van der Waals surface area contributed by atoms with Crippen molar-refractivity contribution in [1.29, 1.82) is 0 Å². The maximum Gasteiger partial charge on any atom is 0.312 e. The molecule has 10 heteroatoms. The lowest BCUT2D eigenvalue weighted by atomic mass is 10.1. The number of primary amides is 1. The molecule has 3 heterocycles. The molecule has 0 aliphatic carbocycles.